The van der Waals surface area contributed by atoms with E-state index in [1.165, 1.54) is 0 Å². The van der Waals surface area contributed by atoms with E-state index in [9.17, 15) is 45.2 Å². The van der Waals surface area contributed by atoms with Gasteiger partial charge in [-0.15, -0.1) is 0 Å². The fraction of sp³-hybridized carbons (Fsp3) is 0.400. The molecule has 124 valence electrons. The summed E-state index contributed by atoms with van der Waals surface area (Å²) in [5, 5.41) is 10.5. The quantitative estimate of drug-likeness (QED) is 0.393. The van der Waals surface area contributed by atoms with Crippen LogP contribution in [0.1, 0.15) is 5.56 Å². The molecule has 0 radical (unpaired) electrons. The third-order valence-electron chi connectivity index (χ3n) is 2.75. The Morgan fingerprint density at radius 1 is 1.09 bits per heavy atom. The summed E-state index contributed by atoms with van der Waals surface area (Å²) in [6, 6.07) is 0.125. The van der Waals surface area contributed by atoms with Crippen molar-refractivity contribution in [2.75, 3.05) is 5.73 Å². The Kier molecular flexibility index (Phi) is 4.27. The van der Waals surface area contributed by atoms with Crippen LogP contribution in [-0.2, 0) is 5.67 Å². The molecule has 0 saturated heterocycles. The smallest absolute Gasteiger partial charge is 0.393 e. The summed E-state index contributed by atoms with van der Waals surface area (Å²) < 4.78 is 103. The molecule has 0 amide bonds. The molecule has 22 heavy (non-hydrogen) atoms. The first-order valence-corrected chi connectivity index (χ1v) is 5.22. The van der Waals surface area contributed by atoms with Crippen molar-refractivity contribution in [3.63, 3.8) is 0 Å². The first kappa shape index (κ1) is 17.9. The van der Waals surface area contributed by atoms with E-state index in [0.29, 0.717) is 6.07 Å². The molecule has 0 aliphatic rings. The van der Waals surface area contributed by atoms with Crippen LogP contribution in [0.4, 0.5) is 46.5 Å². The van der Waals surface area contributed by atoms with Gasteiger partial charge < -0.3 is 5.73 Å². The van der Waals surface area contributed by atoms with Crippen LogP contribution in [0.3, 0.4) is 0 Å². The lowest BCUT2D eigenvalue weighted by atomic mass is 9.87. The van der Waals surface area contributed by atoms with Crippen LogP contribution >= 0.6 is 0 Å². The molecule has 1 atom stereocenters. The molecule has 1 aromatic rings. The number of nitrogens with zero attached hydrogens (tertiary/aromatic N) is 1. The lowest BCUT2D eigenvalue weighted by molar-refractivity contribution is -0.384. The van der Waals surface area contributed by atoms with Gasteiger partial charge in [-0.1, -0.05) is 6.07 Å². The highest BCUT2D eigenvalue weighted by molar-refractivity contribution is 5.60. The first-order valence-electron chi connectivity index (χ1n) is 5.22. The van der Waals surface area contributed by atoms with Crippen LogP contribution in [0.25, 0.3) is 0 Å². The molecule has 2 N–H and O–H groups in total. The number of hydrogen-bond acceptors (Lipinski definition) is 3. The molecule has 1 unspecified atom stereocenters. The summed E-state index contributed by atoms with van der Waals surface area (Å²) in [6.07, 6.45) is -11.5. The monoisotopic (exact) mass is 338 g/mol. The molecule has 1 rings (SSSR count). The van der Waals surface area contributed by atoms with Crippen molar-refractivity contribution in [2.45, 2.75) is 24.2 Å². The predicted octanol–water partition coefficient (Wildman–Crippen LogP) is 3.80. The molecule has 0 spiro atoms. The maximum Gasteiger partial charge on any atom is 0.433 e. The van der Waals surface area contributed by atoms with Crippen molar-refractivity contribution in [1.82, 2.24) is 0 Å². The second-order valence-electron chi connectivity index (χ2n) is 4.11. The normalized spacial score (nSPS) is 15.7. The average Bonchev–Trinajstić information content (AvgIpc) is 2.36. The molecule has 4 nitrogen and oxygen atoms in total. The minimum atomic E-state index is -6.46. The van der Waals surface area contributed by atoms with E-state index in [1.807, 2.05) is 0 Å². The minimum absolute atomic E-state index is 0.0338. The standard InChI is InChI=1S/C10H6F8N2O2/c11-7(12)9(14,15)8(13,10(16,17)18)4-1-2-5(19)6(3-4)20(21)22/h1-3,7H,19H2. The van der Waals surface area contributed by atoms with E-state index in [1.54, 1.807) is 0 Å². The SMILES string of the molecule is Nc1ccc(C(F)(C(F)(F)F)C(F)(F)C(F)F)cc1[N+](=O)[O-]. The van der Waals surface area contributed by atoms with Gasteiger partial charge in [0, 0.05) is 11.6 Å². The molecule has 1 aromatic carbocycles. The minimum Gasteiger partial charge on any atom is -0.393 e. The van der Waals surface area contributed by atoms with Gasteiger partial charge in [0.05, 0.1) is 4.92 Å². The highest BCUT2D eigenvalue weighted by Crippen LogP contribution is 2.55. The fourth-order valence-corrected chi connectivity index (χ4v) is 1.61. The van der Waals surface area contributed by atoms with Crippen molar-refractivity contribution in [1.29, 1.82) is 0 Å². The van der Waals surface area contributed by atoms with Crippen molar-refractivity contribution in [3.05, 3.63) is 33.9 Å². The lowest BCUT2D eigenvalue weighted by Crippen LogP contribution is -2.56. The number of anilines is 1. The van der Waals surface area contributed by atoms with Gasteiger partial charge in [0.2, 0.25) is 0 Å². The molecule has 0 saturated carbocycles. The number of alkyl halides is 8. The molecular formula is C10H6F8N2O2. The second-order valence-corrected chi connectivity index (χ2v) is 4.11. The second kappa shape index (κ2) is 5.25. The van der Waals surface area contributed by atoms with Crippen molar-refractivity contribution < 1.29 is 40.0 Å². The molecule has 0 bridgehead atoms. The molecule has 0 aliphatic carbocycles. The molecule has 12 heteroatoms. The average molecular weight is 338 g/mol. The van der Waals surface area contributed by atoms with Gasteiger partial charge in [-0.25, -0.2) is 13.2 Å². The number of nitrogens with two attached hydrogens (primary N) is 1. The summed E-state index contributed by atoms with van der Waals surface area (Å²) in [4.78, 5) is 9.16. The fourth-order valence-electron chi connectivity index (χ4n) is 1.61. The van der Waals surface area contributed by atoms with Crippen molar-refractivity contribution in [2.24, 2.45) is 0 Å². The van der Waals surface area contributed by atoms with Crippen LogP contribution in [-0.4, -0.2) is 23.4 Å². The van der Waals surface area contributed by atoms with E-state index < -0.39 is 46.1 Å². The van der Waals surface area contributed by atoms with Crippen LogP contribution in [0.15, 0.2) is 18.2 Å². The Balaban J connectivity index is 3.69. The van der Waals surface area contributed by atoms with Crippen molar-refractivity contribution in [3.8, 4) is 0 Å². The van der Waals surface area contributed by atoms with Gasteiger partial charge in [0.25, 0.3) is 11.4 Å². The maximum atomic E-state index is 14.0. The van der Waals surface area contributed by atoms with Crippen LogP contribution in [0, 0.1) is 10.1 Å². The summed E-state index contributed by atoms with van der Waals surface area (Å²) in [5.74, 6) is -6.17. The third kappa shape index (κ3) is 2.52. The molecule has 0 heterocycles. The number of hydrogen-bond donors (Lipinski definition) is 1. The van der Waals surface area contributed by atoms with E-state index in [-0.39, 0.29) is 12.1 Å². The Morgan fingerprint density at radius 3 is 1.95 bits per heavy atom. The summed E-state index contributed by atoms with van der Waals surface area (Å²) in [5.41, 5.74) is -4.92. The lowest BCUT2D eigenvalue weighted by Gasteiger charge is -2.34. The number of rotatable bonds is 4. The van der Waals surface area contributed by atoms with Crippen molar-refractivity contribution >= 4 is 11.4 Å². The van der Waals surface area contributed by atoms with E-state index in [4.69, 9.17) is 5.73 Å². The Hall–Kier alpha value is -2.14. The van der Waals surface area contributed by atoms with Crippen LogP contribution < -0.4 is 5.73 Å². The first-order chi connectivity index (χ1) is 9.76. The van der Waals surface area contributed by atoms with Gasteiger partial charge in [0.1, 0.15) is 5.69 Å². The highest BCUT2D eigenvalue weighted by Gasteiger charge is 2.75. The third-order valence-corrected chi connectivity index (χ3v) is 2.75. The van der Waals surface area contributed by atoms with Crippen LogP contribution in [0.2, 0.25) is 0 Å². The predicted molar refractivity (Wildman–Crippen MR) is 57.3 cm³/mol. The maximum absolute atomic E-state index is 14.0. The Bertz CT molecular complexity index is 589. The van der Waals surface area contributed by atoms with Gasteiger partial charge in [-0.3, -0.25) is 10.1 Å². The van der Waals surface area contributed by atoms with E-state index in [2.05, 4.69) is 0 Å². The largest absolute Gasteiger partial charge is 0.433 e. The van der Waals surface area contributed by atoms with Gasteiger partial charge >= 0.3 is 18.5 Å². The Morgan fingerprint density at radius 2 is 1.59 bits per heavy atom. The number of nitrogen functional groups attached to an aromatic ring is 1. The zero-order valence-corrected chi connectivity index (χ0v) is 10.2. The number of nitro groups is 1. The summed E-state index contributed by atoms with van der Waals surface area (Å²) in [6.45, 7) is 0. The van der Waals surface area contributed by atoms with Gasteiger partial charge in [0.15, 0.2) is 0 Å². The molecule has 0 fully saturated rings. The molecule has 0 aromatic heterocycles. The highest BCUT2D eigenvalue weighted by atomic mass is 19.4. The van der Waals surface area contributed by atoms with E-state index >= 15 is 0 Å². The zero-order chi connectivity index (χ0) is 17.5. The Labute approximate surface area is 116 Å². The zero-order valence-electron chi connectivity index (χ0n) is 10.2. The number of halogens is 8. The van der Waals surface area contributed by atoms with Gasteiger partial charge in [-0.05, 0) is 6.07 Å². The molecular weight excluding hydrogens is 332 g/mol. The summed E-state index contributed by atoms with van der Waals surface area (Å²) >= 11 is 0. The van der Waals surface area contributed by atoms with Crippen LogP contribution in [0.5, 0.6) is 0 Å². The van der Waals surface area contributed by atoms with E-state index in [0.717, 1.165) is 0 Å². The van der Waals surface area contributed by atoms with Gasteiger partial charge in [-0.2, -0.15) is 22.0 Å². The number of benzene rings is 1. The number of nitro benzene ring substituents is 1. The topological polar surface area (TPSA) is 69.2 Å². The molecule has 0 aliphatic heterocycles. The summed E-state index contributed by atoms with van der Waals surface area (Å²) in [7, 11) is 0.